The molecule has 1 fully saturated rings. The third kappa shape index (κ3) is 9.08. The summed E-state index contributed by atoms with van der Waals surface area (Å²) in [6, 6.07) is 15.7. The standard InChI is InChI=1S/C30H40N2O6/c1-29(2,3)37-27(34)25-13-10-18-32(25)26(33)24(31-28(35)38-30(4,5)6)19-21-14-16-23(17-15-21)36-20-22-11-8-7-9-12-22/h7-9,11-12,14-17,24-25H,10,13,18-20H2,1-6H3,(H,31,35)/t24-,25-/m0/s1. The van der Waals surface area contributed by atoms with E-state index in [2.05, 4.69) is 5.32 Å². The number of carbonyl (C=O) groups excluding carboxylic acids is 3. The number of nitrogens with one attached hydrogen (secondary N) is 1. The number of rotatable bonds is 8. The quantitative estimate of drug-likeness (QED) is 0.487. The van der Waals surface area contributed by atoms with Crippen LogP contribution in [0.4, 0.5) is 4.79 Å². The third-order valence-electron chi connectivity index (χ3n) is 5.82. The highest BCUT2D eigenvalue weighted by Gasteiger charge is 2.40. The zero-order valence-corrected chi connectivity index (χ0v) is 23.3. The summed E-state index contributed by atoms with van der Waals surface area (Å²) in [5.41, 5.74) is 0.517. The molecule has 3 rings (SSSR count). The van der Waals surface area contributed by atoms with Gasteiger partial charge in [0.15, 0.2) is 0 Å². The minimum absolute atomic E-state index is 0.231. The van der Waals surface area contributed by atoms with Gasteiger partial charge in [0.05, 0.1) is 0 Å². The van der Waals surface area contributed by atoms with E-state index in [-0.39, 0.29) is 12.3 Å². The number of esters is 1. The van der Waals surface area contributed by atoms with Gasteiger partial charge in [-0.25, -0.2) is 9.59 Å². The van der Waals surface area contributed by atoms with Crippen LogP contribution in [0.5, 0.6) is 5.75 Å². The predicted molar refractivity (Wildman–Crippen MR) is 145 cm³/mol. The Hall–Kier alpha value is -3.55. The van der Waals surface area contributed by atoms with Crippen LogP contribution in [0.2, 0.25) is 0 Å². The molecular weight excluding hydrogens is 484 g/mol. The number of alkyl carbamates (subject to hydrolysis) is 1. The Labute approximate surface area is 225 Å². The second-order valence-corrected chi connectivity index (χ2v) is 11.5. The molecule has 2 aromatic carbocycles. The van der Waals surface area contributed by atoms with Crippen molar-refractivity contribution in [2.45, 2.75) is 90.7 Å². The number of nitrogens with zero attached hydrogens (tertiary/aromatic N) is 1. The maximum absolute atomic E-state index is 13.7. The van der Waals surface area contributed by atoms with Gasteiger partial charge in [0.25, 0.3) is 0 Å². The molecule has 2 atom stereocenters. The topological polar surface area (TPSA) is 94.2 Å². The molecular formula is C30H40N2O6. The van der Waals surface area contributed by atoms with Crippen LogP contribution in [-0.2, 0) is 32.1 Å². The van der Waals surface area contributed by atoms with Crippen LogP contribution in [-0.4, -0.2) is 52.7 Å². The molecule has 8 nitrogen and oxygen atoms in total. The fourth-order valence-corrected chi connectivity index (χ4v) is 4.19. The summed E-state index contributed by atoms with van der Waals surface area (Å²) < 4.78 is 16.8. The number of benzene rings is 2. The number of carbonyl (C=O) groups is 3. The molecule has 0 aliphatic carbocycles. The highest BCUT2D eigenvalue weighted by molar-refractivity contribution is 5.90. The van der Waals surface area contributed by atoms with Crippen molar-refractivity contribution in [3.05, 3.63) is 65.7 Å². The molecule has 1 aliphatic rings. The highest BCUT2D eigenvalue weighted by atomic mass is 16.6. The van der Waals surface area contributed by atoms with Crippen molar-refractivity contribution in [3.8, 4) is 5.75 Å². The van der Waals surface area contributed by atoms with Crippen molar-refractivity contribution in [2.75, 3.05) is 6.54 Å². The second kappa shape index (κ2) is 12.3. The smallest absolute Gasteiger partial charge is 0.408 e. The van der Waals surface area contributed by atoms with E-state index in [1.54, 1.807) is 41.5 Å². The Bertz CT molecular complexity index is 1090. The summed E-state index contributed by atoms with van der Waals surface area (Å²) in [5, 5.41) is 2.73. The Morgan fingerprint density at radius 3 is 2.13 bits per heavy atom. The number of ether oxygens (including phenoxy) is 3. The summed E-state index contributed by atoms with van der Waals surface area (Å²) in [4.78, 5) is 40.7. The molecule has 1 aliphatic heterocycles. The van der Waals surface area contributed by atoms with Gasteiger partial charge in [0.2, 0.25) is 5.91 Å². The summed E-state index contributed by atoms with van der Waals surface area (Å²) in [6.07, 6.45) is 0.746. The molecule has 2 amide bonds. The first-order valence-electron chi connectivity index (χ1n) is 13.1. The van der Waals surface area contributed by atoms with E-state index in [0.29, 0.717) is 31.7 Å². The molecule has 8 heteroatoms. The van der Waals surface area contributed by atoms with E-state index in [1.807, 2.05) is 54.6 Å². The predicted octanol–water partition coefficient (Wildman–Crippen LogP) is 5.03. The van der Waals surface area contributed by atoms with Gasteiger partial charge in [-0.1, -0.05) is 42.5 Å². The lowest BCUT2D eigenvalue weighted by Crippen LogP contribution is -2.53. The Morgan fingerprint density at radius 2 is 1.53 bits per heavy atom. The molecule has 0 aromatic heterocycles. The number of likely N-dealkylation sites (tertiary alicyclic amines) is 1. The number of hydrogen-bond donors (Lipinski definition) is 1. The zero-order valence-electron chi connectivity index (χ0n) is 23.3. The zero-order chi connectivity index (χ0) is 27.9. The third-order valence-corrected chi connectivity index (χ3v) is 5.82. The summed E-state index contributed by atoms with van der Waals surface area (Å²) in [5.74, 6) is -0.0713. The van der Waals surface area contributed by atoms with Crippen LogP contribution >= 0.6 is 0 Å². The maximum Gasteiger partial charge on any atom is 0.408 e. The average molecular weight is 525 g/mol. The summed E-state index contributed by atoms with van der Waals surface area (Å²) >= 11 is 0. The Kier molecular flexibility index (Phi) is 9.41. The van der Waals surface area contributed by atoms with Crippen LogP contribution in [0, 0.1) is 0 Å². The molecule has 1 heterocycles. The molecule has 2 aromatic rings. The SMILES string of the molecule is CC(C)(C)OC(=O)N[C@@H](Cc1ccc(OCc2ccccc2)cc1)C(=O)N1CCC[C@H]1C(=O)OC(C)(C)C. The van der Waals surface area contributed by atoms with Gasteiger partial charge in [-0.05, 0) is 77.6 Å². The van der Waals surface area contributed by atoms with E-state index in [9.17, 15) is 14.4 Å². The number of hydrogen-bond acceptors (Lipinski definition) is 6. The van der Waals surface area contributed by atoms with Crippen molar-refractivity contribution >= 4 is 18.0 Å². The van der Waals surface area contributed by atoms with Gasteiger partial charge in [-0.15, -0.1) is 0 Å². The first kappa shape index (κ1) is 29.0. The van der Waals surface area contributed by atoms with E-state index >= 15 is 0 Å². The Balaban J connectivity index is 1.73. The van der Waals surface area contributed by atoms with Gasteiger partial charge in [0.1, 0.15) is 35.6 Å². The summed E-state index contributed by atoms with van der Waals surface area (Å²) in [6.45, 7) is 11.5. The van der Waals surface area contributed by atoms with Gasteiger partial charge in [-0.2, -0.15) is 0 Å². The van der Waals surface area contributed by atoms with Gasteiger partial charge in [0, 0.05) is 13.0 Å². The molecule has 1 saturated heterocycles. The molecule has 0 saturated carbocycles. The van der Waals surface area contributed by atoms with E-state index in [4.69, 9.17) is 14.2 Å². The van der Waals surface area contributed by atoms with Crippen LogP contribution in [0.3, 0.4) is 0 Å². The van der Waals surface area contributed by atoms with Crippen molar-refractivity contribution in [1.82, 2.24) is 10.2 Å². The Morgan fingerprint density at radius 1 is 0.895 bits per heavy atom. The molecule has 206 valence electrons. The first-order chi connectivity index (χ1) is 17.8. The van der Waals surface area contributed by atoms with Crippen molar-refractivity contribution in [1.29, 1.82) is 0 Å². The summed E-state index contributed by atoms with van der Waals surface area (Å²) in [7, 11) is 0. The molecule has 38 heavy (non-hydrogen) atoms. The van der Waals surface area contributed by atoms with E-state index in [0.717, 1.165) is 11.1 Å². The van der Waals surface area contributed by atoms with Gasteiger partial charge < -0.3 is 24.4 Å². The van der Waals surface area contributed by atoms with E-state index < -0.39 is 35.3 Å². The fraction of sp³-hybridized carbons (Fsp3) is 0.500. The molecule has 0 unspecified atom stereocenters. The van der Waals surface area contributed by atoms with Crippen molar-refractivity contribution < 1.29 is 28.6 Å². The normalized spacial score (nSPS) is 16.5. The van der Waals surface area contributed by atoms with Crippen LogP contribution in [0.1, 0.15) is 65.5 Å². The molecule has 0 bridgehead atoms. The lowest BCUT2D eigenvalue weighted by molar-refractivity contribution is -0.163. The van der Waals surface area contributed by atoms with Gasteiger partial charge in [-0.3, -0.25) is 4.79 Å². The maximum atomic E-state index is 13.7. The van der Waals surface area contributed by atoms with Gasteiger partial charge >= 0.3 is 12.1 Å². The number of amides is 2. The average Bonchev–Trinajstić information content (AvgIpc) is 3.31. The van der Waals surface area contributed by atoms with Crippen LogP contribution in [0.25, 0.3) is 0 Å². The minimum atomic E-state index is -0.913. The lowest BCUT2D eigenvalue weighted by Gasteiger charge is -2.31. The molecule has 1 N–H and O–H groups in total. The lowest BCUT2D eigenvalue weighted by atomic mass is 10.0. The highest BCUT2D eigenvalue weighted by Crippen LogP contribution is 2.23. The van der Waals surface area contributed by atoms with Crippen LogP contribution < -0.4 is 10.1 Å². The van der Waals surface area contributed by atoms with E-state index in [1.165, 1.54) is 4.90 Å². The molecule has 0 spiro atoms. The fourth-order valence-electron chi connectivity index (χ4n) is 4.19. The minimum Gasteiger partial charge on any atom is -0.489 e. The van der Waals surface area contributed by atoms with Crippen molar-refractivity contribution in [3.63, 3.8) is 0 Å². The largest absolute Gasteiger partial charge is 0.489 e. The first-order valence-corrected chi connectivity index (χ1v) is 13.1. The molecule has 0 radical (unpaired) electrons. The second-order valence-electron chi connectivity index (χ2n) is 11.5. The van der Waals surface area contributed by atoms with Crippen molar-refractivity contribution in [2.24, 2.45) is 0 Å². The monoisotopic (exact) mass is 524 g/mol. The van der Waals surface area contributed by atoms with Crippen LogP contribution in [0.15, 0.2) is 54.6 Å².